The molecular formula is C12H15NO2. The molecule has 1 aromatic rings. The van der Waals surface area contributed by atoms with Gasteiger partial charge in [-0.1, -0.05) is 26.0 Å². The fraction of sp³-hybridized carbons (Fsp3) is 0.333. The molecule has 0 radical (unpaired) electrons. The Morgan fingerprint density at radius 3 is 2.67 bits per heavy atom. The predicted molar refractivity (Wildman–Crippen MR) is 59.6 cm³/mol. The van der Waals surface area contributed by atoms with E-state index in [1.165, 1.54) is 0 Å². The zero-order chi connectivity index (χ0) is 11.4. The van der Waals surface area contributed by atoms with Crippen molar-refractivity contribution in [3.05, 3.63) is 35.7 Å². The van der Waals surface area contributed by atoms with Gasteiger partial charge in [-0.2, -0.15) is 0 Å². The Bertz CT molecular complexity index is 394. The van der Waals surface area contributed by atoms with E-state index in [9.17, 15) is 4.79 Å². The molecule has 0 spiro atoms. The summed E-state index contributed by atoms with van der Waals surface area (Å²) in [6.45, 7) is 5.76. The van der Waals surface area contributed by atoms with Gasteiger partial charge in [0.2, 0.25) is 0 Å². The van der Waals surface area contributed by atoms with E-state index in [1.807, 2.05) is 26.0 Å². The Balaban J connectivity index is 3.30. The second kappa shape index (κ2) is 4.73. The van der Waals surface area contributed by atoms with Crippen LogP contribution < -0.4 is 0 Å². The van der Waals surface area contributed by atoms with Crippen molar-refractivity contribution < 1.29 is 9.90 Å². The first kappa shape index (κ1) is 11.4. The van der Waals surface area contributed by atoms with Crippen LogP contribution in [0.4, 0.5) is 0 Å². The fourth-order valence-corrected chi connectivity index (χ4v) is 1.47. The fourth-order valence-electron chi connectivity index (χ4n) is 1.47. The van der Waals surface area contributed by atoms with Crippen LogP contribution in [0, 0.1) is 0 Å². The third-order valence-electron chi connectivity index (χ3n) is 2.24. The molecule has 1 N–H and O–H groups in total. The maximum Gasteiger partial charge on any atom is 0.337 e. The van der Waals surface area contributed by atoms with Crippen molar-refractivity contribution in [3.63, 3.8) is 0 Å². The Hall–Kier alpha value is -1.64. The Kier molecular flexibility index (Phi) is 3.61. The van der Waals surface area contributed by atoms with E-state index in [2.05, 4.69) is 4.98 Å². The Labute approximate surface area is 89.5 Å². The van der Waals surface area contributed by atoms with Crippen LogP contribution in [0.5, 0.6) is 0 Å². The zero-order valence-electron chi connectivity index (χ0n) is 9.19. The molecule has 15 heavy (non-hydrogen) atoms. The molecule has 0 aliphatic heterocycles. The molecule has 0 aliphatic rings. The third kappa shape index (κ3) is 2.43. The van der Waals surface area contributed by atoms with E-state index in [0.717, 1.165) is 5.56 Å². The second-order valence-corrected chi connectivity index (χ2v) is 3.60. The summed E-state index contributed by atoms with van der Waals surface area (Å²) in [7, 11) is 0. The normalized spacial score (nSPS) is 11.9. The van der Waals surface area contributed by atoms with Crippen molar-refractivity contribution in [3.8, 4) is 0 Å². The van der Waals surface area contributed by atoms with Gasteiger partial charge >= 0.3 is 5.97 Å². The van der Waals surface area contributed by atoms with E-state index in [1.54, 1.807) is 19.2 Å². The van der Waals surface area contributed by atoms with Gasteiger partial charge in [0.25, 0.3) is 0 Å². The number of carboxylic acids is 1. The van der Waals surface area contributed by atoms with Crippen LogP contribution in [0.25, 0.3) is 5.57 Å². The predicted octanol–water partition coefficient (Wildman–Crippen LogP) is 2.69. The van der Waals surface area contributed by atoms with Gasteiger partial charge in [-0.3, -0.25) is 4.98 Å². The molecule has 1 heterocycles. The molecule has 3 nitrogen and oxygen atoms in total. The minimum absolute atomic E-state index is 0.263. The molecule has 0 aliphatic carbocycles. The largest absolute Gasteiger partial charge is 0.478 e. The number of aliphatic carboxylic acids is 1. The van der Waals surface area contributed by atoms with Crippen molar-refractivity contribution in [2.45, 2.75) is 26.7 Å². The number of nitrogens with zero attached hydrogens (tertiary/aromatic N) is 1. The highest BCUT2D eigenvalue weighted by molar-refractivity contribution is 6.15. The van der Waals surface area contributed by atoms with E-state index >= 15 is 0 Å². The van der Waals surface area contributed by atoms with Gasteiger partial charge in [0.1, 0.15) is 0 Å². The van der Waals surface area contributed by atoms with E-state index in [0.29, 0.717) is 5.69 Å². The highest BCUT2D eigenvalue weighted by atomic mass is 16.4. The lowest BCUT2D eigenvalue weighted by Crippen LogP contribution is -2.06. The van der Waals surface area contributed by atoms with E-state index in [4.69, 9.17) is 5.11 Å². The molecule has 1 rings (SSSR count). The lowest BCUT2D eigenvalue weighted by molar-refractivity contribution is -0.130. The molecule has 0 bridgehead atoms. The molecule has 0 aromatic carbocycles. The smallest absolute Gasteiger partial charge is 0.337 e. The van der Waals surface area contributed by atoms with E-state index in [-0.39, 0.29) is 11.5 Å². The summed E-state index contributed by atoms with van der Waals surface area (Å²) in [5.41, 5.74) is 1.80. The average Bonchev–Trinajstić information content (AvgIpc) is 2.18. The van der Waals surface area contributed by atoms with Crippen LogP contribution in [0.3, 0.4) is 0 Å². The molecule has 80 valence electrons. The first-order chi connectivity index (χ1) is 7.07. The summed E-state index contributed by atoms with van der Waals surface area (Å²) >= 11 is 0. The van der Waals surface area contributed by atoms with Crippen molar-refractivity contribution >= 4 is 11.5 Å². The van der Waals surface area contributed by atoms with E-state index < -0.39 is 5.97 Å². The van der Waals surface area contributed by atoms with Gasteiger partial charge in [0.15, 0.2) is 0 Å². The molecule has 0 unspecified atom stereocenters. The van der Waals surface area contributed by atoms with Crippen LogP contribution in [0.15, 0.2) is 24.4 Å². The van der Waals surface area contributed by atoms with Crippen LogP contribution >= 0.6 is 0 Å². The summed E-state index contributed by atoms with van der Waals surface area (Å²) in [6.07, 6.45) is 3.20. The number of rotatable bonds is 3. The molecule has 0 saturated heterocycles. The summed E-state index contributed by atoms with van der Waals surface area (Å²) in [6, 6.07) is 3.74. The maximum absolute atomic E-state index is 11.0. The maximum atomic E-state index is 11.0. The second-order valence-electron chi connectivity index (χ2n) is 3.60. The van der Waals surface area contributed by atoms with Gasteiger partial charge in [-0.05, 0) is 24.5 Å². The molecular weight excluding hydrogens is 190 g/mol. The third-order valence-corrected chi connectivity index (χ3v) is 2.24. The number of aromatic nitrogens is 1. The number of carboxylic acid groups (broad SMARTS) is 1. The highest BCUT2D eigenvalue weighted by Crippen LogP contribution is 2.23. The number of carbonyl (C=O) groups is 1. The van der Waals surface area contributed by atoms with Crippen molar-refractivity contribution in [1.82, 2.24) is 4.98 Å². The molecule has 0 fully saturated rings. The molecule has 0 saturated carbocycles. The summed E-state index contributed by atoms with van der Waals surface area (Å²) in [5, 5.41) is 9.02. The first-order valence-electron chi connectivity index (χ1n) is 4.92. The summed E-state index contributed by atoms with van der Waals surface area (Å²) in [5.74, 6) is -0.666. The van der Waals surface area contributed by atoms with Crippen molar-refractivity contribution in [1.29, 1.82) is 0 Å². The van der Waals surface area contributed by atoms with Gasteiger partial charge < -0.3 is 5.11 Å². The Morgan fingerprint density at radius 1 is 1.53 bits per heavy atom. The monoisotopic (exact) mass is 205 g/mol. The molecule has 1 aromatic heterocycles. The minimum Gasteiger partial charge on any atom is -0.478 e. The lowest BCUT2D eigenvalue weighted by atomic mass is 9.97. The first-order valence-corrected chi connectivity index (χ1v) is 4.92. The molecule has 3 heteroatoms. The SMILES string of the molecule is C/C=C(/C(=O)O)c1ncccc1C(C)C. The molecule has 0 atom stereocenters. The quantitative estimate of drug-likeness (QED) is 0.772. The zero-order valence-corrected chi connectivity index (χ0v) is 9.19. The van der Waals surface area contributed by atoms with Gasteiger partial charge in [0, 0.05) is 6.20 Å². The average molecular weight is 205 g/mol. The Morgan fingerprint density at radius 2 is 2.20 bits per heavy atom. The number of allylic oxidation sites excluding steroid dienone is 1. The van der Waals surface area contributed by atoms with Crippen molar-refractivity contribution in [2.75, 3.05) is 0 Å². The van der Waals surface area contributed by atoms with Crippen LogP contribution in [-0.2, 0) is 4.79 Å². The minimum atomic E-state index is -0.932. The molecule has 0 amide bonds. The standard InChI is InChI=1S/C12H15NO2/c1-4-9(12(14)15)11-10(8(2)3)6-5-7-13-11/h4-8H,1-3H3,(H,14,15)/b9-4+. The number of hydrogen-bond donors (Lipinski definition) is 1. The summed E-state index contributed by atoms with van der Waals surface area (Å²) < 4.78 is 0. The summed E-state index contributed by atoms with van der Waals surface area (Å²) in [4.78, 5) is 15.1. The van der Waals surface area contributed by atoms with Gasteiger partial charge in [-0.15, -0.1) is 0 Å². The topological polar surface area (TPSA) is 50.2 Å². The lowest BCUT2D eigenvalue weighted by Gasteiger charge is -2.11. The van der Waals surface area contributed by atoms with Gasteiger partial charge in [-0.25, -0.2) is 4.79 Å². The van der Waals surface area contributed by atoms with Crippen molar-refractivity contribution in [2.24, 2.45) is 0 Å². The number of hydrogen-bond acceptors (Lipinski definition) is 2. The van der Waals surface area contributed by atoms with Crippen LogP contribution in [-0.4, -0.2) is 16.1 Å². The van der Waals surface area contributed by atoms with Crippen LogP contribution in [0.1, 0.15) is 37.9 Å². The highest BCUT2D eigenvalue weighted by Gasteiger charge is 2.16. The van der Waals surface area contributed by atoms with Gasteiger partial charge in [0.05, 0.1) is 11.3 Å². The van der Waals surface area contributed by atoms with Crippen LogP contribution in [0.2, 0.25) is 0 Å². The number of pyridine rings is 1.